The van der Waals surface area contributed by atoms with Gasteiger partial charge in [0, 0.05) is 24.5 Å². The molecule has 0 unspecified atom stereocenters. The van der Waals surface area contributed by atoms with Gasteiger partial charge in [-0.2, -0.15) is 0 Å². The van der Waals surface area contributed by atoms with Crippen molar-refractivity contribution in [3.8, 4) is 12.3 Å². The van der Waals surface area contributed by atoms with Crippen LogP contribution in [-0.2, 0) is 4.79 Å². The van der Waals surface area contributed by atoms with Crippen molar-refractivity contribution >= 4 is 11.5 Å². The van der Waals surface area contributed by atoms with Crippen molar-refractivity contribution < 1.29 is 9.90 Å². The molecule has 0 aliphatic carbocycles. The Kier molecular flexibility index (Phi) is 4.88. The van der Waals surface area contributed by atoms with Crippen LogP contribution in [0.3, 0.4) is 0 Å². The van der Waals surface area contributed by atoms with Crippen molar-refractivity contribution in [3.63, 3.8) is 0 Å². The molecule has 0 aromatic heterocycles. The number of unbranched alkanes of at least 4 members (excludes halogenated alkanes) is 1. The molecule has 1 aromatic carbocycles. The average molecular weight is 214 g/mol. The SMILES string of the molecule is C#CCCCC(=O)/C=C(\O)c1ccccc1. The van der Waals surface area contributed by atoms with E-state index in [-0.39, 0.29) is 11.5 Å². The molecular weight excluding hydrogens is 200 g/mol. The number of carbonyl (C=O) groups excluding carboxylic acids is 1. The van der Waals surface area contributed by atoms with Crippen molar-refractivity contribution in [2.45, 2.75) is 19.3 Å². The van der Waals surface area contributed by atoms with Gasteiger partial charge in [0.2, 0.25) is 0 Å². The second kappa shape index (κ2) is 6.47. The molecule has 0 aliphatic heterocycles. The summed E-state index contributed by atoms with van der Waals surface area (Å²) >= 11 is 0. The molecule has 1 rings (SSSR count). The van der Waals surface area contributed by atoms with Crippen molar-refractivity contribution in [2.75, 3.05) is 0 Å². The summed E-state index contributed by atoms with van der Waals surface area (Å²) in [6.07, 6.45) is 7.96. The first kappa shape index (κ1) is 12.1. The summed E-state index contributed by atoms with van der Waals surface area (Å²) < 4.78 is 0. The summed E-state index contributed by atoms with van der Waals surface area (Å²) in [4.78, 5) is 11.4. The minimum Gasteiger partial charge on any atom is -0.507 e. The highest BCUT2D eigenvalue weighted by Crippen LogP contribution is 2.11. The first-order valence-corrected chi connectivity index (χ1v) is 5.16. The highest BCUT2D eigenvalue weighted by Gasteiger charge is 2.02. The van der Waals surface area contributed by atoms with E-state index in [1.807, 2.05) is 18.2 Å². The number of allylic oxidation sites excluding steroid dienone is 1. The standard InChI is InChI=1S/C14H14O2/c1-2-3-5-10-13(15)11-14(16)12-8-6-4-7-9-12/h1,4,6-9,11,16H,3,5,10H2/b14-11-. The molecule has 0 saturated heterocycles. The molecule has 82 valence electrons. The van der Waals surface area contributed by atoms with Gasteiger partial charge in [-0.3, -0.25) is 4.79 Å². The van der Waals surface area contributed by atoms with Gasteiger partial charge >= 0.3 is 0 Å². The van der Waals surface area contributed by atoms with Gasteiger partial charge in [0.15, 0.2) is 5.78 Å². The fraction of sp³-hybridized carbons (Fsp3) is 0.214. The third-order valence-corrected chi connectivity index (χ3v) is 2.11. The lowest BCUT2D eigenvalue weighted by Crippen LogP contribution is -1.94. The smallest absolute Gasteiger partial charge is 0.159 e. The monoisotopic (exact) mass is 214 g/mol. The first-order valence-electron chi connectivity index (χ1n) is 5.16. The van der Waals surface area contributed by atoms with Crippen LogP contribution in [0.25, 0.3) is 5.76 Å². The molecule has 0 saturated carbocycles. The van der Waals surface area contributed by atoms with Crippen LogP contribution in [0.15, 0.2) is 36.4 Å². The predicted molar refractivity (Wildman–Crippen MR) is 64.7 cm³/mol. The number of hydrogen-bond acceptors (Lipinski definition) is 2. The minimum absolute atomic E-state index is 0.00584. The van der Waals surface area contributed by atoms with Crippen LogP contribution in [0.4, 0.5) is 0 Å². The molecule has 0 fully saturated rings. The summed E-state index contributed by atoms with van der Waals surface area (Å²) in [5.41, 5.74) is 0.646. The van der Waals surface area contributed by atoms with E-state index in [1.165, 1.54) is 6.08 Å². The number of ketones is 1. The third-order valence-electron chi connectivity index (χ3n) is 2.11. The lowest BCUT2D eigenvalue weighted by molar-refractivity contribution is -0.114. The van der Waals surface area contributed by atoms with E-state index < -0.39 is 0 Å². The molecule has 0 amide bonds. The topological polar surface area (TPSA) is 37.3 Å². The van der Waals surface area contributed by atoms with Crippen molar-refractivity contribution in [3.05, 3.63) is 42.0 Å². The van der Waals surface area contributed by atoms with Crippen molar-refractivity contribution in [1.29, 1.82) is 0 Å². The van der Waals surface area contributed by atoms with Gasteiger partial charge in [0.25, 0.3) is 0 Å². The van der Waals surface area contributed by atoms with Gasteiger partial charge in [-0.05, 0) is 6.42 Å². The van der Waals surface area contributed by atoms with E-state index in [2.05, 4.69) is 5.92 Å². The molecule has 0 aliphatic rings. The van der Waals surface area contributed by atoms with Crippen LogP contribution in [0.2, 0.25) is 0 Å². The Labute approximate surface area is 95.6 Å². The van der Waals surface area contributed by atoms with Crippen LogP contribution in [0.1, 0.15) is 24.8 Å². The van der Waals surface area contributed by atoms with Crippen molar-refractivity contribution in [2.24, 2.45) is 0 Å². The Morgan fingerprint density at radius 3 is 2.69 bits per heavy atom. The second-order valence-corrected chi connectivity index (χ2v) is 3.42. The number of carbonyl (C=O) groups is 1. The number of rotatable bonds is 5. The predicted octanol–water partition coefficient (Wildman–Crippen LogP) is 2.96. The molecule has 2 nitrogen and oxygen atoms in total. The maximum Gasteiger partial charge on any atom is 0.159 e. The first-order chi connectivity index (χ1) is 7.74. The third kappa shape index (κ3) is 4.02. The largest absolute Gasteiger partial charge is 0.507 e. The Morgan fingerprint density at radius 2 is 2.06 bits per heavy atom. The van der Waals surface area contributed by atoms with E-state index in [0.29, 0.717) is 24.8 Å². The molecule has 1 N–H and O–H groups in total. The Balaban J connectivity index is 2.57. The fourth-order valence-electron chi connectivity index (χ4n) is 1.28. The normalized spacial score (nSPS) is 10.8. The highest BCUT2D eigenvalue weighted by atomic mass is 16.3. The van der Waals surface area contributed by atoms with E-state index in [0.717, 1.165) is 0 Å². The molecule has 1 aromatic rings. The lowest BCUT2D eigenvalue weighted by Gasteiger charge is -1.99. The summed E-state index contributed by atoms with van der Waals surface area (Å²) in [7, 11) is 0. The van der Waals surface area contributed by atoms with E-state index in [1.54, 1.807) is 12.1 Å². The fourth-order valence-corrected chi connectivity index (χ4v) is 1.28. The molecular formula is C14H14O2. The van der Waals surface area contributed by atoms with Crippen molar-refractivity contribution in [1.82, 2.24) is 0 Å². The number of hydrogen-bond donors (Lipinski definition) is 1. The number of aliphatic hydroxyl groups is 1. The minimum atomic E-state index is -0.100. The van der Waals surface area contributed by atoms with Crippen LogP contribution in [-0.4, -0.2) is 10.9 Å². The van der Waals surface area contributed by atoms with Gasteiger partial charge in [-0.15, -0.1) is 12.3 Å². The number of terminal acetylenes is 1. The van der Waals surface area contributed by atoms with Gasteiger partial charge in [0.1, 0.15) is 5.76 Å². The zero-order valence-electron chi connectivity index (χ0n) is 9.02. The number of aliphatic hydroxyl groups excluding tert-OH is 1. The quantitative estimate of drug-likeness (QED) is 0.354. The molecule has 16 heavy (non-hydrogen) atoms. The molecule has 0 radical (unpaired) electrons. The van der Waals surface area contributed by atoms with Gasteiger partial charge in [-0.1, -0.05) is 30.3 Å². The average Bonchev–Trinajstić information content (AvgIpc) is 2.30. The Hall–Kier alpha value is -2.01. The van der Waals surface area contributed by atoms with Gasteiger partial charge in [0.05, 0.1) is 0 Å². The summed E-state index contributed by atoms with van der Waals surface area (Å²) in [5.74, 6) is 2.38. The highest BCUT2D eigenvalue weighted by molar-refractivity contribution is 5.95. The maximum absolute atomic E-state index is 11.4. The van der Waals surface area contributed by atoms with Gasteiger partial charge < -0.3 is 5.11 Å². The van der Waals surface area contributed by atoms with Crippen LogP contribution < -0.4 is 0 Å². The maximum atomic E-state index is 11.4. The molecule has 0 bridgehead atoms. The molecule has 2 heteroatoms. The molecule has 0 atom stereocenters. The molecule has 0 heterocycles. The second-order valence-electron chi connectivity index (χ2n) is 3.42. The lowest BCUT2D eigenvalue weighted by atomic mass is 10.1. The zero-order valence-corrected chi connectivity index (χ0v) is 9.02. The Morgan fingerprint density at radius 1 is 1.38 bits per heavy atom. The summed E-state index contributed by atoms with van der Waals surface area (Å²) in [6, 6.07) is 8.97. The van der Waals surface area contributed by atoms with Gasteiger partial charge in [-0.25, -0.2) is 0 Å². The van der Waals surface area contributed by atoms with Crippen LogP contribution >= 0.6 is 0 Å². The summed E-state index contributed by atoms with van der Waals surface area (Å²) in [5, 5.41) is 9.65. The van der Waals surface area contributed by atoms with E-state index >= 15 is 0 Å². The van der Waals surface area contributed by atoms with Crippen LogP contribution in [0.5, 0.6) is 0 Å². The van der Waals surface area contributed by atoms with E-state index in [9.17, 15) is 9.90 Å². The van der Waals surface area contributed by atoms with E-state index in [4.69, 9.17) is 6.42 Å². The number of benzene rings is 1. The summed E-state index contributed by atoms with van der Waals surface area (Å²) in [6.45, 7) is 0. The van der Waals surface area contributed by atoms with Crippen LogP contribution in [0, 0.1) is 12.3 Å². The Bertz CT molecular complexity index is 410. The zero-order chi connectivity index (χ0) is 11.8. The molecule has 0 spiro atoms.